The number of ether oxygens (including phenoxy) is 1. The summed E-state index contributed by atoms with van der Waals surface area (Å²) in [5, 5.41) is 3.07. The van der Waals surface area contributed by atoms with Gasteiger partial charge in [-0.25, -0.2) is 0 Å². The van der Waals surface area contributed by atoms with Crippen LogP contribution in [0.3, 0.4) is 0 Å². The van der Waals surface area contributed by atoms with Crippen molar-refractivity contribution in [1.29, 1.82) is 0 Å². The molecule has 1 fully saturated rings. The minimum Gasteiger partial charge on any atom is -0.494 e. The largest absolute Gasteiger partial charge is 0.494 e. The van der Waals surface area contributed by atoms with E-state index < -0.39 is 12.2 Å². The number of alkyl halides is 3. The molecule has 0 spiro atoms. The monoisotopic (exact) mass is 366 g/mol. The quantitative estimate of drug-likeness (QED) is 0.884. The Hall–Kier alpha value is -0.790. The molecule has 1 heterocycles. The van der Waals surface area contributed by atoms with Crippen molar-refractivity contribution in [3.63, 3.8) is 0 Å². The Kier molecular flexibility index (Phi) is 5.51. The normalized spacial score (nSPS) is 18.5. The molecule has 21 heavy (non-hydrogen) atoms. The van der Waals surface area contributed by atoms with Crippen molar-refractivity contribution in [2.24, 2.45) is 0 Å². The SMILES string of the molecule is CCOc1ccc(Br)cc1[C@@H](N1CCNCC1)C(F)(F)F. The molecule has 1 aliphatic rings. The number of piperazine rings is 1. The van der Waals surface area contributed by atoms with Crippen molar-refractivity contribution < 1.29 is 17.9 Å². The third-order valence-electron chi connectivity index (χ3n) is 3.39. The third kappa shape index (κ3) is 4.11. The summed E-state index contributed by atoms with van der Waals surface area (Å²) in [4.78, 5) is 1.46. The van der Waals surface area contributed by atoms with E-state index in [1.54, 1.807) is 19.1 Å². The molecule has 3 nitrogen and oxygen atoms in total. The summed E-state index contributed by atoms with van der Waals surface area (Å²) in [5.74, 6) is 0.293. The Morgan fingerprint density at radius 3 is 2.57 bits per heavy atom. The molecule has 1 aromatic rings. The molecule has 0 unspecified atom stereocenters. The number of nitrogens with zero attached hydrogens (tertiary/aromatic N) is 1. The van der Waals surface area contributed by atoms with Crippen molar-refractivity contribution in [2.45, 2.75) is 19.1 Å². The minimum atomic E-state index is -4.34. The van der Waals surface area contributed by atoms with Gasteiger partial charge in [-0.05, 0) is 25.1 Å². The van der Waals surface area contributed by atoms with Crippen LogP contribution in [0, 0.1) is 0 Å². The molecule has 1 aromatic carbocycles. The fourth-order valence-corrected chi connectivity index (χ4v) is 2.92. The second-order valence-corrected chi connectivity index (χ2v) is 5.76. The first-order valence-corrected chi connectivity index (χ1v) is 7.66. The summed E-state index contributed by atoms with van der Waals surface area (Å²) < 4.78 is 46.8. The molecule has 1 saturated heterocycles. The molecule has 0 aliphatic carbocycles. The number of nitrogens with one attached hydrogen (secondary N) is 1. The molecule has 0 amide bonds. The van der Waals surface area contributed by atoms with Crippen LogP contribution in [0.25, 0.3) is 0 Å². The summed E-state index contributed by atoms with van der Waals surface area (Å²) in [6.07, 6.45) is -4.34. The highest BCUT2D eigenvalue weighted by Gasteiger charge is 2.46. The molecular weight excluding hydrogens is 349 g/mol. The number of rotatable bonds is 4. The lowest BCUT2D eigenvalue weighted by molar-refractivity contribution is -0.188. The second-order valence-electron chi connectivity index (χ2n) is 4.85. The first-order valence-electron chi connectivity index (χ1n) is 6.87. The predicted molar refractivity (Wildman–Crippen MR) is 78.5 cm³/mol. The van der Waals surface area contributed by atoms with Crippen molar-refractivity contribution in [1.82, 2.24) is 10.2 Å². The van der Waals surface area contributed by atoms with Crippen LogP contribution in [0.4, 0.5) is 13.2 Å². The Bertz CT molecular complexity index is 476. The van der Waals surface area contributed by atoms with Gasteiger partial charge in [0.1, 0.15) is 11.8 Å². The lowest BCUT2D eigenvalue weighted by Crippen LogP contribution is -2.49. The maximum atomic E-state index is 13.6. The number of halogens is 4. The number of hydrogen-bond donors (Lipinski definition) is 1. The first kappa shape index (κ1) is 16.6. The van der Waals surface area contributed by atoms with E-state index in [1.807, 2.05) is 0 Å². The van der Waals surface area contributed by atoms with Gasteiger partial charge in [-0.2, -0.15) is 13.2 Å². The van der Waals surface area contributed by atoms with E-state index in [9.17, 15) is 13.2 Å². The van der Waals surface area contributed by atoms with Crippen molar-refractivity contribution >= 4 is 15.9 Å². The molecular formula is C14H18BrF3N2O. The Morgan fingerprint density at radius 1 is 1.33 bits per heavy atom. The van der Waals surface area contributed by atoms with Gasteiger partial charge in [-0.15, -0.1) is 0 Å². The molecule has 2 rings (SSSR count). The molecule has 118 valence electrons. The lowest BCUT2D eigenvalue weighted by Gasteiger charge is -2.36. The first-order chi connectivity index (χ1) is 9.93. The average Bonchev–Trinajstić information content (AvgIpc) is 2.42. The Morgan fingerprint density at radius 2 is 2.00 bits per heavy atom. The molecule has 1 atom stereocenters. The van der Waals surface area contributed by atoms with E-state index in [-0.39, 0.29) is 5.56 Å². The van der Waals surface area contributed by atoms with Crippen molar-refractivity contribution in [3.05, 3.63) is 28.2 Å². The Labute approximate surface area is 130 Å². The summed E-state index contributed by atoms with van der Waals surface area (Å²) in [7, 11) is 0. The predicted octanol–water partition coefficient (Wildman–Crippen LogP) is 3.36. The van der Waals surface area contributed by atoms with Crippen molar-refractivity contribution in [2.75, 3.05) is 32.8 Å². The van der Waals surface area contributed by atoms with E-state index in [0.29, 0.717) is 43.0 Å². The van der Waals surface area contributed by atoms with E-state index in [0.717, 1.165) is 0 Å². The highest BCUT2D eigenvalue weighted by molar-refractivity contribution is 9.10. The molecule has 0 saturated carbocycles. The van der Waals surface area contributed by atoms with Crippen LogP contribution in [0.15, 0.2) is 22.7 Å². The highest BCUT2D eigenvalue weighted by atomic mass is 79.9. The van der Waals surface area contributed by atoms with Gasteiger partial charge in [-0.3, -0.25) is 4.90 Å². The molecule has 0 bridgehead atoms. The van der Waals surface area contributed by atoms with Gasteiger partial charge in [0.15, 0.2) is 0 Å². The topological polar surface area (TPSA) is 24.5 Å². The van der Waals surface area contributed by atoms with Gasteiger partial charge < -0.3 is 10.1 Å². The zero-order valence-electron chi connectivity index (χ0n) is 11.7. The maximum Gasteiger partial charge on any atom is 0.408 e. The van der Waals surface area contributed by atoms with Gasteiger partial charge >= 0.3 is 6.18 Å². The van der Waals surface area contributed by atoms with Crippen LogP contribution < -0.4 is 10.1 Å². The Balaban J connectivity index is 2.42. The average molecular weight is 367 g/mol. The number of hydrogen-bond acceptors (Lipinski definition) is 3. The van der Waals surface area contributed by atoms with Crippen LogP contribution in [0.1, 0.15) is 18.5 Å². The summed E-state index contributed by atoms with van der Waals surface area (Å²) in [6, 6.07) is 3.15. The number of benzene rings is 1. The van der Waals surface area contributed by atoms with Gasteiger partial charge in [0.2, 0.25) is 0 Å². The summed E-state index contributed by atoms with van der Waals surface area (Å²) in [6.45, 7) is 3.94. The molecule has 1 aliphatic heterocycles. The molecule has 1 N–H and O–H groups in total. The second kappa shape index (κ2) is 6.98. The zero-order chi connectivity index (χ0) is 15.5. The van der Waals surface area contributed by atoms with E-state index in [2.05, 4.69) is 21.2 Å². The molecule has 7 heteroatoms. The van der Waals surface area contributed by atoms with Crippen molar-refractivity contribution in [3.8, 4) is 5.75 Å². The zero-order valence-corrected chi connectivity index (χ0v) is 13.3. The van der Waals surface area contributed by atoms with Crippen LogP contribution in [-0.2, 0) is 0 Å². The highest BCUT2D eigenvalue weighted by Crippen LogP contribution is 2.42. The van der Waals surface area contributed by atoms with Gasteiger partial charge in [-0.1, -0.05) is 15.9 Å². The van der Waals surface area contributed by atoms with Crippen LogP contribution >= 0.6 is 15.9 Å². The maximum absolute atomic E-state index is 13.6. The van der Waals surface area contributed by atoms with Crippen LogP contribution in [-0.4, -0.2) is 43.9 Å². The fourth-order valence-electron chi connectivity index (χ4n) is 2.54. The lowest BCUT2D eigenvalue weighted by atomic mass is 10.0. The van der Waals surface area contributed by atoms with E-state index in [4.69, 9.17) is 4.74 Å². The van der Waals surface area contributed by atoms with Gasteiger partial charge in [0, 0.05) is 36.2 Å². The summed E-state index contributed by atoms with van der Waals surface area (Å²) >= 11 is 3.25. The minimum absolute atomic E-state index is 0.167. The molecule has 0 aromatic heterocycles. The van der Waals surface area contributed by atoms with Crippen LogP contribution in [0.2, 0.25) is 0 Å². The standard InChI is InChI=1S/C14H18BrF3N2O/c1-2-21-12-4-3-10(15)9-11(12)13(14(16,17)18)20-7-5-19-6-8-20/h3-4,9,13,19H,2,5-8H2,1H3/t13-/m1/s1. The summed E-state index contributed by atoms with van der Waals surface area (Å²) in [5.41, 5.74) is 0.167. The van der Waals surface area contributed by atoms with Gasteiger partial charge in [0.05, 0.1) is 6.61 Å². The fraction of sp³-hybridized carbons (Fsp3) is 0.571. The van der Waals surface area contributed by atoms with E-state index in [1.165, 1.54) is 11.0 Å². The van der Waals surface area contributed by atoms with Gasteiger partial charge in [0.25, 0.3) is 0 Å². The van der Waals surface area contributed by atoms with Crippen LogP contribution in [0.5, 0.6) is 5.75 Å². The van der Waals surface area contributed by atoms with E-state index >= 15 is 0 Å². The third-order valence-corrected chi connectivity index (χ3v) is 3.89. The smallest absolute Gasteiger partial charge is 0.408 e. The molecule has 0 radical (unpaired) electrons.